The summed E-state index contributed by atoms with van der Waals surface area (Å²) in [6, 6.07) is 23.4. The van der Waals surface area contributed by atoms with Gasteiger partial charge in [-0.3, -0.25) is 0 Å². The molecule has 0 atom stereocenters. The minimum absolute atomic E-state index is 0.259. The van der Waals surface area contributed by atoms with Gasteiger partial charge >= 0.3 is 5.97 Å². The lowest BCUT2D eigenvalue weighted by atomic mass is 9.86. The van der Waals surface area contributed by atoms with Crippen LogP contribution >= 0.6 is 11.6 Å². The number of halogens is 1. The van der Waals surface area contributed by atoms with Crippen molar-refractivity contribution in [3.05, 3.63) is 100 Å². The van der Waals surface area contributed by atoms with Gasteiger partial charge in [0.15, 0.2) is 0 Å². The first-order chi connectivity index (χ1) is 17.5. The Morgan fingerprint density at radius 3 is 2.58 bits per heavy atom. The Bertz CT molecular complexity index is 1450. The maximum absolute atomic E-state index is 12.4. The molecule has 5 nitrogen and oxygen atoms in total. The summed E-state index contributed by atoms with van der Waals surface area (Å²) in [6.45, 7) is 1.74. The van der Waals surface area contributed by atoms with E-state index >= 15 is 0 Å². The van der Waals surface area contributed by atoms with E-state index in [9.17, 15) is 9.90 Å². The third kappa shape index (κ3) is 4.24. The summed E-state index contributed by atoms with van der Waals surface area (Å²) in [7, 11) is 0. The van der Waals surface area contributed by atoms with Crippen LogP contribution in [0.25, 0.3) is 21.9 Å². The predicted octanol–water partition coefficient (Wildman–Crippen LogP) is 6.41. The van der Waals surface area contributed by atoms with Crippen LogP contribution in [0.1, 0.15) is 39.9 Å². The van der Waals surface area contributed by atoms with Gasteiger partial charge < -0.3 is 19.3 Å². The quantitative estimate of drug-likeness (QED) is 0.321. The molecule has 0 aliphatic carbocycles. The second-order valence-electron chi connectivity index (χ2n) is 9.38. The van der Waals surface area contributed by atoms with Crippen LogP contribution in [-0.4, -0.2) is 24.3 Å². The standard InChI is InChI=1S/C30H25ClO5/c31-23-6-4-20(5-7-23)28-25-9-8-24(15-21(25)16-26-27(28)18-36-29(26)32)35-17-19-2-1-3-22(14-19)30(33)10-12-34-13-11-30/h1-9,14-16,33H,10-13,17-18H2. The highest BCUT2D eigenvalue weighted by atomic mass is 35.5. The molecule has 2 heterocycles. The van der Waals surface area contributed by atoms with E-state index < -0.39 is 5.60 Å². The van der Waals surface area contributed by atoms with Gasteiger partial charge in [-0.2, -0.15) is 0 Å². The van der Waals surface area contributed by atoms with Gasteiger partial charge in [0.2, 0.25) is 0 Å². The summed E-state index contributed by atoms with van der Waals surface area (Å²) in [4.78, 5) is 12.4. The summed E-state index contributed by atoms with van der Waals surface area (Å²) in [5, 5.41) is 13.6. The molecule has 4 aromatic carbocycles. The Balaban J connectivity index is 1.31. The van der Waals surface area contributed by atoms with Crippen molar-refractivity contribution >= 4 is 28.3 Å². The number of ether oxygens (including phenoxy) is 3. The lowest BCUT2D eigenvalue weighted by Crippen LogP contribution is -2.33. The van der Waals surface area contributed by atoms with Crippen molar-refractivity contribution in [3.63, 3.8) is 0 Å². The number of cyclic esters (lactones) is 1. The van der Waals surface area contributed by atoms with E-state index in [-0.39, 0.29) is 12.6 Å². The molecule has 0 spiro atoms. The number of carbonyl (C=O) groups excluding carboxylic acids is 1. The average Bonchev–Trinajstić information content (AvgIpc) is 3.27. The predicted molar refractivity (Wildman–Crippen MR) is 138 cm³/mol. The van der Waals surface area contributed by atoms with Gasteiger partial charge in [-0.15, -0.1) is 0 Å². The first-order valence-electron chi connectivity index (χ1n) is 12.1. The van der Waals surface area contributed by atoms with Gasteiger partial charge in [0.05, 0.1) is 11.2 Å². The van der Waals surface area contributed by atoms with Gasteiger partial charge in [0, 0.05) is 36.6 Å². The molecule has 182 valence electrons. The van der Waals surface area contributed by atoms with Crippen LogP contribution < -0.4 is 4.74 Å². The van der Waals surface area contributed by atoms with Crippen molar-refractivity contribution in [1.82, 2.24) is 0 Å². The minimum Gasteiger partial charge on any atom is -0.489 e. The molecule has 0 unspecified atom stereocenters. The first-order valence-corrected chi connectivity index (χ1v) is 12.4. The Labute approximate surface area is 214 Å². The first kappa shape index (κ1) is 23.0. The van der Waals surface area contributed by atoms with Gasteiger partial charge in [0.25, 0.3) is 0 Å². The fourth-order valence-electron chi connectivity index (χ4n) is 5.13. The van der Waals surface area contributed by atoms with E-state index in [1.807, 2.05) is 72.8 Å². The van der Waals surface area contributed by atoms with Crippen molar-refractivity contribution in [2.45, 2.75) is 31.7 Å². The van der Waals surface area contributed by atoms with Gasteiger partial charge in [-0.1, -0.05) is 48.0 Å². The largest absolute Gasteiger partial charge is 0.489 e. The molecule has 0 bridgehead atoms. The normalized spacial score (nSPS) is 16.6. The van der Waals surface area contributed by atoms with E-state index in [0.29, 0.717) is 49.0 Å². The monoisotopic (exact) mass is 500 g/mol. The summed E-state index contributed by atoms with van der Waals surface area (Å²) in [6.07, 6.45) is 1.18. The summed E-state index contributed by atoms with van der Waals surface area (Å²) >= 11 is 6.11. The molecule has 6 heteroatoms. The minimum atomic E-state index is -0.857. The zero-order valence-electron chi connectivity index (χ0n) is 19.6. The average molecular weight is 501 g/mol. The van der Waals surface area contributed by atoms with Crippen LogP contribution in [0.15, 0.2) is 72.8 Å². The van der Waals surface area contributed by atoms with Crippen LogP contribution in [0.3, 0.4) is 0 Å². The third-order valence-electron chi connectivity index (χ3n) is 7.11. The number of carbonyl (C=O) groups is 1. The topological polar surface area (TPSA) is 65.0 Å². The Morgan fingerprint density at radius 2 is 1.78 bits per heavy atom. The van der Waals surface area contributed by atoms with Crippen LogP contribution in [0.4, 0.5) is 0 Å². The molecule has 1 saturated heterocycles. The maximum atomic E-state index is 12.4. The molecule has 0 aromatic heterocycles. The highest BCUT2D eigenvalue weighted by Crippen LogP contribution is 2.40. The number of hydrogen-bond acceptors (Lipinski definition) is 5. The fraction of sp³-hybridized carbons (Fsp3) is 0.233. The molecule has 1 fully saturated rings. The summed E-state index contributed by atoms with van der Waals surface area (Å²) < 4.78 is 16.9. The molecule has 4 aromatic rings. The number of fused-ring (bicyclic) bond motifs is 2. The van der Waals surface area contributed by atoms with Crippen LogP contribution in [-0.2, 0) is 28.3 Å². The molecule has 2 aliphatic rings. The van der Waals surface area contributed by atoms with Gasteiger partial charge in [-0.25, -0.2) is 4.79 Å². The van der Waals surface area contributed by atoms with E-state index in [1.54, 1.807) is 0 Å². The van der Waals surface area contributed by atoms with Crippen molar-refractivity contribution < 1.29 is 24.1 Å². The lowest BCUT2D eigenvalue weighted by Gasteiger charge is -2.32. The van der Waals surface area contributed by atoms with E-state index in [1.165, 1.54) is 0 Å². The Morgan fingerprint density at radius 1 is 0.972 bits per heavy atom. The molecule has 0 saturated carbocycles. The Kier molecular flexibility index (Phi) is 5.92. The van der Waals surface area contributed by atoms with Crippen LogP contribution in [0, 0.1) is 0 Å². The second-order valence-corrected chi connectivity index (χ2v) is 9.81. The van der Waals surface area contributed by atoms with Gasteiger partial charge in [-0.05, 0) is 69.4 Å². The SMILES string of the molecule is O=C1OCc2c1cc1cc(OCc3cccc(C4(O)CCOCC4)c3)ccc1c2-c1ccc(Cl)cc1. The van der Waals surface area contributed by atoms with Crippen LogP contribution in [0.5, 0.6) is 5.75 Å². The van der Waals surface area contributed by atoms with Crippen molar-refractivity contribution in [3.8, 4) is 16.9 Å². The molecule has 1 N–H and O–H groups in total. The highest BCUT2D eigenvalue weighted by Gasteiger charge is 2.32. The molecule has 0 amide bonds. The smallest absolute Gasteiger partial charge is 0.338 e. The number of hydrogen-bond donors (Lipinski definition) is 1. The molecule has 2 aliphatic heterocycles. The second kappa shape index (κ2) is 9.25. The molecule has 0 radical (unpaired) electrons. The lowest BCUT2D eigenvalue weighted by molar-refractivity contribution is -0.0679. The zero-order valence-corrected chi connectivity index (χ0v) is 20.4. The zero-order chi connectivity index (χ0) is 24.7. The van der Waals surface area contributed by atoms with E-state index in [4.69, 9.17) is 25.8 Å². The van der Waals surface area contributed by atoms with Gasteiger partial charge in [0.1, 0.15) is 19.0 Å². The highest BCUT2D eigenvalue weighted by molar-refractivity contribution is 6.30. The number of esters is 1. The molecular weight excluding hydrogens is 476 g/mol. The van der Waals surface area contributed by atoms with E-state index in [2.05, 4.69) is 0 Å². The van der Waals surface area contributed by atoms with Crippen LogP contribution in [0.2, 0.25) is 5.02 Å². The molecule has 36 heavy (non-hydrogen) atoms. The summed E-state index contributed by atoms with van der Waals surface area (Å²) in [5.41, 5.74) is 4.46. The third-order valence-corrected chi connectivity index (χ3v) is 7.36. The Hall–Kier alpha value is -3.38. The van der Waals surface area contributed by atoms with Crippen molar-refractivity contribution in [1.29, 1.82) is 0 Å². The maximum Gasteiger partial charge on any atom is 0.338 e. The molecular formula is C30H25ClO5. The number of rotatable bonds is 5. The molecule has 6 rings (SSSR count). The van der Waals surface area contributed by atoms with E-state index in [0.717, 1.165) is 38.6 Å². The fourth-order valence-corrected chi connectivity index (χ4v) is 5.25. The number of aliphatic hydroxyl groups is 1. The van der Waals surface area contributed by atoms with Crippen molar-refractivity contribution in [2.75, 3.05) is 13.2 Å². The van der Waals surface area contributed by atoms with Crippen molar-refractivity contribution in [2.24, 2.45) is 0 Å². The number of benzene rings is 4. The summed E-state index contributed by atoms with van der Waals surface area (Å²) in [5.74, 6) is 0.391.